The highest BCUT2D eigenvalue weighted by Crippen LogP contribution is 2.36. The number of nitrogens with one attached hydrogen (secondary N) is 1. The lowest BCUT2D eigenvalue weighted by molar-refractivity contribution is 0.611. The summed E-state index contributed by atoms with van der Waals surface area (Å²) in [5.41, 5.74) is 2.67. The van der Waals surface area contributed by atoms with Crippen LogP contribution in [0.3, 0.4) is 0 Å². The van der Waals surface area contributed by atoms with Crippen molar-refractivity contribution in [3.8, 4) is 16.3 Å². The normalized spacial score (nSPS) is 14.2. The standard InChI is InChI=1S/C17H16FN3S/c18-13-7-1-2-8-14(13)21-17-12(6-3-4-10-19-17)16(20-21)15-9-5-11-22-15/h1-2,5,7-9,11,19H,3-4,6,10H2. The van der Waals surface area contributed by atoms with Crippen molar-refractivity contribution < 1.29 is 4.39 Å². The first kappa shape index (κ1) is 13.5. The fraction of sp³-hybridized carbons (Fsp3) is 0.235. The van der Waals surface area contributed by atoms with Crippen LogP contribution < -0.4 is 5.32 Å². The summed E-state index contributed by atoms with van der Waals surface area (Å²) in [7, 11) is 0. The van der Waals surface area contributed by atoms with Gasteiger partial charge in [0.05, 0.1) is 4.88 Å². The van der Waals surface area contributed by atoms with Gasteiger partial charge in [0.25, 0.3) is 0 Å². The van der Waals surface area contributed by atoms with Crippen LogP contribution in [0.5, 0.6) is 0 Å². The van der Waals surface area contributed by atoms with Gasteiger partial charge in [-0.1, -0.05) is 18.2 Å². The van der Waals surface area contributed by atoms with Crippen LogP contribution in [0.25, 0.3) is 16.3 Å². The average molecular weight is 313 g/mol. The van der Waals surface area contributed by atoms with Crippen molar-refractivity contribution in [2.45, 2.75) is 19.3 Å². The first-order valence-electron chi connectivity index (χ1n) is 7.49. The largest absolute Gasteiger partial charge is 0.370 e. The molecule has 1 aliphatic rings. The zero-order chi connectivity index (χ0) is 14.9. The fourth-order valence-corrected chi connectivity index (χ4v) is 3.65. The van der Waals surface area contributed by atoms with E-state index < -0.39 is 0 Å². The van der Waals surface area contributed by atoms with Gasteiger partial charge in [0.1, 0.15) is 23.0 Å². The second-order valence-electron chi connectivity index (χ2n) is 5.40. The summed E-state index contributed by atoms with van der Waals surface area (Å²) in [4.78, 5) is 1.13. The van der Waals surface area contributed by atoms with Gasteiger partial charge in [-0.2, -0.15) is 5.10 Å². The van der Waals surface area contributed by atoms with Gasteiger partial charge in [-0.05, 0) is 42.8 Å². The van der Waals surface area contributed by atoms with Crippen molar-refractivity contribution in [1.29, 1.82) is 0 Å². The molecule has 4 rings (SSSR count). The van der Waals surface area contributed by atoms with E-state index in [-0.39, 0.29) is 5.82 Å². The van der Waals surface area contributed by atoms with E-state index in [0.29, 0.717) is 5.69 Å². The Kier molecular flexibility index (Phi) is 3.42. The maximum absolute atomic E-state index is 14.2. The zero-order valence-corrected chi connectivity index (χ0v) is 12.9. The van der Waals surface area contributed by atoms with Gasteiger partial charge >= 0.3 is 0 Å². The molecule has 0 fully saturated rings. The number of para-hydroxylation sites is 1. The van der Waals surface area contributed by atoms with Gasteiger partial charge in [-0.3, -0.25) is 0 Å². The second kappa shape index (κ2) is 5.57. The monoisotopic (exact) mass is 313 g/mol. The Morgan fingerprint density at radius 2 is 2.05 bits per heavy atom. The number of fused-ring (bicyclic) bond motifs is 1. The Morgan fingerprint density at radius 1 is 1.14 bits per heavy atom. The molecule has 3 nitrogen and oxygen atoms in total. The lowest BCUT2D eigenvalue weighted by Gasteiger charge is -2.09. The molecule has 0 aliphatic carbocycles. The smallest absolute Gasteiger partial charge is 0.148 e. The maximum Gasteiger partial charge on any atom is 0.148 e. The number of hydrogen-bond acceptors (Lipinski definition) is 3. The molecule has 0 atom stereocenters. The Hall–Kier alpha value is -2.14. The van der Waals surface area contributed by atoms with Gasteiger partial charge in [0, 0.05) is 12.1 Å². The minimum absolute atomic E-state index is 0.253. The van der Waals surface area contributed by atoms with Crippen LogP contribution in [0.2, 0.25) is 0 Å². The molecule has 112 valence electrons. The summed E-state index contributed by atoms with van der Waals surface area (Å²) in [5, 5.41) is 10.2. The summed E-state index contributed by atoms with van der Waals surface area (Å²) < 4.78 is 15.9. The van der Waals surface area contributed by atoms with E-state index in [1.165, 1.54) is 11.6 Å². The molecule has 0 unspecified atom stereocenters. The number of hydrogen-bond donors (Lipinski definition) is 1. The fourth-order valence-electron chi connectivity index (χ4n) is 2.91. The molecular formula is C17H16FN3S. The van der Waals surface area contributed by atoms with Gasteiger partial charge in [0.15, 0.2) is 0 Å². The highest BCUT2D eigenvalue weighted by molar-refractivity contribution is 7.13. The Balaban J connectivity index is 1.94. The molecule has 22 heavy (non-hydrogen) atoms. The summed E-state index contributed by atoms with van der Waals surface area (Å²) in [6, 6.07) is 10.9. The van der Waals surface area contributed by atoms with E-state index in [1.807, 2.05) is 17.5 Å². The van der Waals surface area contributed by atoms with Crippen LogP contribution in [0.1, 0.15) is 18.4 Å². The maximum atomic E-state index is 14.2. The number of thiophene rings is 1. The molecule has 0 amide bonds. The highest BCUT2D eigenvalue weighted by atomic mass is 32.1. The molecule has 1 aromatic carbocycles. The summed E-state index contributed by atoms with van der Waals surface area (Å²) in [6.07, 6.45) is 3.22. The first-order valence-corrected chi connectivity index (χ1v) is 8.37. The van der Waals surface area contributed by atoms with Crippen LogP contribution in [0.15, 0.2) is 41.8 Å². The Bertz CT molecular complexity index is 792. The molecule has 3 heterocycles. The molecule has 0 saturated carbocycles. The Morgan fingerprint density at radius 3 is 2.86 bits per heavy atom. The van der Waals surface area contributed by atoms with Crippen molar-refractivity contribution in [2.75, 3.05) is 11.9 Å². The molecule has 5 heteroatoms. The highest BCUT2D eigenvalue weighted by Gasteiger charge is 2.23. The number of halogens is 1. The third kappa shape index (κ3) is 2.22. The van der Waals surface area contributed by atoms with Crippen molar-refractivity contribution in [2.24, 2.45) is 0 Å². The molecule has 0 spiro atoms. The average Bonchev–Trinajstić information content (AvgIpc) is 3.10. The predicted molar refractivity (Wildman–Crippen MR) is 88.3 cm³/mol. The first-order chi connectivity index (χ1) is 10.8. The lowest BCUT2D eigenvalue weighted by Crippen LogP contribution is -2.08. The molecule has 2 aromatic heterocycles. The number of anilines is 1. The molecule has 1 N–H and O–H groups in total. The third-order valence-corrected chi connectivity index (χ3v) is 4.84. The molecule has 0 radical (unpaired) electrons. The second-order valence-corrected chi connectivity index (χ2v) is 6.35. The third-order valence-electron chi connectivity index (χ3n) is 3.96. The van der Waals surface area contributed by atoms with Crippen molar-refractivity contribution >= 4 is 17.2 Å². The topological polar surface area (TPSA) is 29.9 Å². The van der Waals surface area contributed by atoms with Crippen molar-refractivity contribution in [3.63, 3.8) is 0 Å². The van der Waals surface area contributed by atoms with Crippen LogP contribution in [-0.4, -0.2) is 16.3 Å². The number of benzene rings is 1. The molecule has 3 aromatic rings. The van der Waals surface area contributed by atoms with Crippen molar-refractivity contribution in [3.05, 3.63) is 53.2 Å². The van der Waals surface area contributed by atoms with Crippen molar-refractivity contribution in [1.82, 2.24) is 9.78 Å². The minimum atomic E-state index is -0.253. The van der Waals surface area contributed by atoms with Gasteiger partial charge in [-0.25, -0.2) is 9.07 Å². The molecule has 0 saturated heterocycles. The van der Waals surface area contributed by atoms with E-state index in [4.69, 9.17) is 5.10 Å². The van der Waals surface area contributed by atoms with Crippen LogP contribution >= 0.6 is 11.3 Å². The number of aromatic nitrogens is 2. The van der Waals surface area contributed by atoms with Gasteiger partial charge < -0.3 is 5.32 Å². The van der Waals surface area contributed by atoms with Crippen LogP contribution in [0, 0.1) is 5.82 Å². The number of nitrogens with zero attached hydrogens (tertiary/aromatic N) is 2. The van der Waals surface area contributed by atoms with Crippen LogP contribution in [-0.2, 0) is 6.42 Å². The van der Waals surface area contributed by atoms with E-state index in [1.54, 1.807) is 28.2 Å². The van der Waals surface area contributed by atoms with Crippen LogP contribution in [0.4, 0.5) is 10.2 Å². The molecule has 1 aliphatic heterocycles. The Labute approximate surface area is 132 Å². The quantitative estimate of drug-likeness (QED) is 0.755. The minimum Gasteiger partial charge on any atom is -0.370 e. The summed E-state index contributed by atoms with van der Waals surface area (Å²) in [6.45, 7) is 0.900. The lowest BCUT2D eigenvalue weighted by atomic mass is 10.1. The van der Waals surface area contributed by atoms with Gasteiger partial charge in [-0.15, -0.1) is 11.3 Å². The van der Waals surface area contributed by atoms with E-state index >= 15 is 0 Å². The van der Waals surface area contributed by atoms with Gasteiger partial charge in [0.2, 0.25) is 0 Å². The zero-order valence-electron chi connectivity index (χ0n) is 12.1. The molecular weight excluding hydrogens is 297 g/mol. The summed E-state index contributed by atoms with van der Waals surface area (Å²) >= 11 is 1.67. The summed E-state index contributed by atoms with van der Waals surface area (Å²) in [5.74, 6) is 0.683. The number of rotatable bonds is 2. The predicted octanol–water partition coefficient (Wildman–Crippen LogP) is 4.49. The van der Waals surface area contributed by atoms with E-state index in [2.05, 4.69) is 11.4 Å². The van der Waals surface area contributed by atoms with E-state index in [9.17, 15) is 4.39 Å². The molecule has 0 bridgehead atoms. The van der Waals surface area contributed by atoms with E-state index in [0.717, 1.165) is 42.2 Å². The SMILES string of the molecule is Fc1ccccc1-n1nc(-c2cccs2)c2c1NCCCC2.